The molecule has 5 heteroatoms. The lowest BCUT2D eigenvalue weighted by Crippen LogP contribution is -2.21. The lowest BCUT2D eigenvalue weighted by atomic mass is 10.1. The van der Waals surface area contributed by atoms with Crippen LogP contribution in [0, 0.1) is 0 Å². The molecule has 1 heterocycles. The van der Waals surface area contributed by atoms with Crippen molar-refractivity contribution < 1.29 is 4.79 Å². The van der Waals surface area contributed by atoms with Gasteiger partial charge in [0, 0.05) is 18.8 Å². The van der Waals surface area contributed by atoms with Gasteiger partial charge in [-0.15, -0.1) is 0 Å². The summed E-state index contributed by atoms with van der Waals surface area (Å²) in [5.41, 5.74) is 3.87. The van der Waals surface area contributed by atoms with Crippen molar-refractivity contribution in [3.05, 3.63) is 71.4 Å². The molecular weight excluding hydrogens is 318 g/mol. The smallest absolute Gasteiger partial charge is 0.273 e. The Labute approximate surface area is 147 Å². The van der Waals surface area contributed by atoms with E-state index >= 15 is 0 Å². The molecule has 2 aromatic rings. The van der Waals surface area contributed by atoms with E-state index in [2.05, 4.69) is 58.9 Å². The highest BCUT2D eigenvalue weighted by Gasteiger charge is 2.19. The first-order valence-electron chi connectivity index (χ1n) is 7.88. The highest BCUT2D eigenvalue weighted by Crippen LogP contribution is 2.19. The Morgan fingerprint density at radius 1 is 1.04 bits per heavy atom. The standard InChI is InChI=1S/C19H19N3OS/c1-2-22(13-15-6-4-3-5-7-15)16-10-8-14(9-11-16)12-17-18(23)21-19(24)20-17/h3-12H,2,13H2,1H3,(H2,20,21,23,24). The summed E-state index contributed by atoms with van der Waals surface area (Å²) >= 11 is 4.93. The number of carbonyl (C=O) groups excluding carboxylic acids is 1. The Hall–Kier alpha value is -2.66. The molecule has 0 aromatic heterocycles. The average Bonchev–Trinajstić information content (AvgIpc) is 2.92. The van der Waals surface area contributed by atoms with Crippen molar-refractivity contribution in [2.75, 3.05) is 11.4 Å². The van der Waals surface area contributed by atoms with Gasteiger partial charge >= 0.3 is 0 Å². The van der Waals surface area contributed by atoms with Gasteiger partial charge in [-0.3, -0.25) is 10.1 Å². The molecule has 1 aliphatic rings. The Bertz CT molecular complexity index is 769. The van der Waals surface area contributed by atoms with Crippen LogP contribution in [0.2, 0.25) is 0 Å². The van der Waals surface area contributed by atoms with E-state index in [0.717, 1.165) is 24.3 Å². The van der Waals surface area contributed by atoms with Gasteiger partial charge in [-0.2, -0.15) is 0 Å². The van der Waals surface area contributed by atoms with Gasteiger partial charge in [-0.1, -0.05) is 42.5 Å². The number of nitrogens with zero attached hydrogens (tertiary/aromatic N) is 1. The second-order valence-corrected chi connectivity index (χ2v) is 5.97. The van der Waals surface area contributed by atoms with E-state index in [9.17, 15) is 4.79 Å². The van der Waals surface area contributed by atoms with Gasteiger partial charge in [0.05, 0.1) is 0 Å². The zero-order valence-electron chi connectivity index (χ0n) is 13.5. The number of nitrogens with one attached hydrogen (secondary N) is 2. The summed E-state index contributed by atoms with van der Waals surface area (Å²) in [4.78, 5) is 14.0. The van der Waals surface area contributed by atoms with Crippen molar-refractivity contribution >= 4 is 35.0 Å². The predicted octanol–water partition coefficient (Wildman–Crippen LogP) is 3.06. The molecule has 2 aromatic carbocycles. The maximum atomic E-state index is 11.7. The molecule has 1 saturated heterocycles. The highest BCUT2D eigenvalue weighted by atomic mass is 32.1. The summed E-state index contributed by atoms with van der Waals surface area (Å²) in [5, 5.41) is 5.76. The predicted molar refractivity (Wildman–Crippen MR) is 101 cm³/mol. The summed E-state index contributed by atoms with van der Waals surface area (Å²) in [6.07, 6.45) is 1.80. The Balaban J connectivity index is 1.74. The van der Waals surface area contributed by atoms with Crippen molar-refractivity contribution in [1.29, 1.82) is 0 Å². The van der Waals surface area contributed by atoms with E-state index in [1.54, 1.807) is 6.08 Å². The Morgan fingerprint density at radius 2 is 1.75 bits per heavy atom. The van der Waals surface area contributed by atoms with Gasteiger partial charge in [-0.25, -0.2) is 0 Å². The van der Waals surface area contributed by atoms with Crippen LogP contribution in [-0.4, -0.2) is 17.6 Å². The number of hydrogen-bond acceptors (Lipinski definition) is 3. The molecule has 2 N–H and O–H groups in total. The fraction of sp³-hybridized carbons (Fsp3) is 0.158. The van der Waals surface area contributed by atoms with Gasteiger partial charge in [-0.05, 0) is 48.5 Å². The minimum Gasteiger partial charge on any atom is -0.367 e. The van der Waals surface area contributed by atoms with Gasteiger partial charge in [0.1, 0.15) is 5.70 Å². The van der Waals surface area contributed by atoms with Crippen LogP contribution in [0.4, 0.5) is 5.69 Å². The van der Waals surface area contributed by atoms with Crippen LogP contribution in [0.1, 0.15) is 18.1 Å². The van der Waals surface area contributed by atoms with E-state index < -0.39 is 0 Å². The number of carbonyl (C=O) groups is 1. The zero-order chi connectivity index (χ0) is 16.9. The SMILES string of the molecule is CCN(Cc1ccccc1)c1ccc(C=C2NC(=S)NC2=O)cc1. The van der Waals surface area contributed by atoms with Crippen molar-refractivity contribution in [2.24, 2.45) is 0 Å². The molecule has 0 unspecified atom stereocenters. The zero-order valence-corrected chi connectivity index (χ0v) is 14.3. The number of thiocarbonyl (C=S) groups is 1. The number of hydrogen-bond donors (Lipinski definition) is 2. The average molecular weight is 337 g/mol. The third kappa shape index (κ3) is 3.81. The summed E-state index contributed by atoms with van der Waals surface area (Å²) in [6, 6.07) is 18.6. The van der Waals surface area contributed by atoms with Crippen LogP contribution in [0.5, 0.6) is 0 Å². The van der Waals surface area contributed by atoms with E-state index in [-0.39, 0.29) is 5.91 Å². The number of anilines is 1. The molecule has 24 heavy (non-hydrogen) atoms. The van der Waals surface area contributed by atoms with Gasteiger partial charge in [0.2, 0.25) is 0 Å². The molecule has 1 fully saturated rings. The second-order valence-electron chi connectivity index (χ2n) is 5.56. The monoisotopic (exact) mass is 337 g/mol. The third-order valence-electron chi connectivity index (χ3n) is 3.89. The molecule has 0 atom stereocenters. The van der Waals surface area contributed by atoms with Crippen molar-refractivity contribution in [1.82, 2.24) is 10.6 Å². The minimum atomic E-state index is -0.191. The molecule has 0 bridgehead atoms. The quantitative estimate of drug-likeness (QED) is 0.650. The number of benzene rings is 2. The van der Waals surface area contributed by atoms with Crippen molar-refractivity contribution in [2.45, 2.75) is 13.5 Å². The molecule has 0 aliphatic carbocycles. The number of rotatable bonds is 5. The molecule has 1 amide bonds. The lowest BCUT2D eigenvalue weighted by molar-refractivity contribution is -0.115. The summed E-state index contributed by atoms with van der Waals surface area (Å²) in [7, 11) is 0. The molecule has 0 saturated carbocycles. The van der Waals surface area contributed by atoms with E-state index in [4.69, 9.17) is 12.2 Å². The molecule has 122 valence electrons. The van der Waals surface area contributed by atoms with Gasteiger partial charge < -0.3 is 10.2 Å². The van der Waals surface area contributed by atoms with Crippen LogP contribution in [0.3, 0.4) is 0 Å². The molecule has 1 aliphatic heterocycles. The fourth-order valence-corrected chi connectivity index (χ4v) is 2.82. The maximum absolute atomic E-state index is 11.7. The summed E-state index contributed by atoms with van der Waals surface area (Å²) < 4.78 is 0. The molecule has 3 rings (SSSR count). The van der Waals surface area contributed by atoms with Crippen LogP contribution >= 0.6 is 12.2 Å². The Kier molecular flexibility index (Phi) is 4.91. The first kappa shape index (κ1) is 16.2. The van der Waals surface area contributed by atoms with Gasteiger partial charge in [0.25, 0.3) is 5.91 Å². The normalized spacial score (nSPS) is 15.3. The van der Waals surface area contributed by atoms with Gasteiger partial charge in [0.15, 0.2) is 5.11 Å². The van der Waals surface area contributed by atoms with E-state index in [1.807, 2.05) is 18.2 Å². The molecule has 4 nitrogen and oxygen atoms in total. The van der Waals surface area contributed by atoms with Crippen LogP contribution < -0.4 is 15.5 Å². The molecular formula is C19H19N3OS. The molecule has 0 spiro atoms. The maximum Gasteiger partial charge on any atom is 0.273 e. The first-order valence-corrected chi connectivity index (χ1v) is 8.29. The molecule has 0 radical (unpaired) electrons. The lowest BCUT2D eigenvalue weighted by Gasteiger charge is -2.23. The second kappa shape index (κ2) is 7.27. The topological polar surface area (TPSA) is 44.4 Å². The minimum absolute atomic E-state index is 0.191. The van der Waals surface area contributed by atoms with Crippen LogP contribution in [0.25, 0.3) is 6.08 Å². The van der Waals surface area contributed by atoms with Crippen molar-refractivity contribution in [3.8, 4) is 0 Å². The van der Waals surface area contributed by atoms with Crippen LogP contribution in [0.15, 0.2) is 60.3 Å². The van der Waals surface area contributed by atoms with Crippen LogP contribution in [-0.2, 0) is 11.3 Å². The fourth-order valence-electron chi connectivity index (χ4n) is 2.62. The number of amides is 1. The van der Waals surface area contributed by atoms with E-state index in [1.165, 1.54) is 5.56 Å². The Morgan fingerprint density at radius 3 is 2.33 bits per heavy atom. The third-order valence-corrected chi connectivity index (χ3v) is 4.09. The highest BCUT2D eigenvalue weighted by molar-refractivity contribution is 7.80. The van der Waals surface area contributed by atoms with Crippen molar-refractivity contribution in [3.63, 3.8) is 0 Å². The summed E-state index contributed by atoms with van der Waals surface area (Å²) in [6.45, 7) is 3.94. The first-order chi connectivity index (χ1) is 11.7. The largest absolute Gasteiger partial charge is 0.367 e. The summed E-state index contributed by atoms with van der Waals surface area (Å²) in [5.74, 6) is -0.191. The van der Waals surface area contributed by atoms with E-state index in [0.29, 0.717) is 10.8 Å².